The fourth-order valence-corrected chi connectivity index (χ4v) is 2.00. The molecule has 0 amide bonds. The Morgan fingerprint density at radius 1 is 1.10 bits per heavy atom. The van der Waals surface area contributed by atoms with Crippen LogP contribution in [-0.2, 0) is 0 Å². The number of ether oxygens (including phenoxy) is 1. The van der Waals surface area contributed by atoms with Gasteiger partial charge in [-0.2, -0.15) is 0 Å². The maximum absolute atomic E-state index is 13.7. The molecule has 0 bridgehead atoms. The lowest BCUT2D eigenvalue weighted by atomic mass is 10.1. The van der Waals surface area contributed by atoms with Crippen molar-refractivity contribution in [2.45, 2.75) is 19.9 Å². The van der Waals surface area contributed by atoms with Crippen molar-refractivity contribution in [1.29, 1.82) is 0 Å². The summed E-state index contributed by atoms with van der Waals surface area (Å²) in [7, 11) is 0. The predicted molar refractivity (Wildman–Crippen MR) is 76.0 cm³/mol. The summed E-state index contributed by atoms with van der Waals surface area (Å²) in [4.78, 5) is 0. The number of hydrogen-bond acceptors (Lipinski definition) is 2. The highest BCUT2D eigenvalue weighted by Gasteiger charge is 2.13. The van der Waals surface area contributed by atoms with E-state index in [1.807, 2.05) is 31.2 Å². The lowest BCUT2D eigenvalue weighted by Crippen LogP contribution is -2.09. The van der Waals surface area contributed by atoms with Crippen molar-refractivity contribution >= 4 is 5.69 Å². The van der Waals surface area contributed by atoms with Crippen LogP contribution < -0.4 is 10.1 Å². The van der Waals surface area contributed by atoms with E-state index in [9.17, 15) is 8.78 Å². The van der Waals surface area contributed by atoms with E-state index in [1.54, 1.807) is 13.0 Å². The molecule has 1 N–H and O–H groups in total. The first-order valence-corrected chi connectivity index (χ1v) is 6.55. The molecular formula is C16H17F2NO. The van der Waals surface area contributed by atoms with Crippen molar-refractivity contribution in [2.24, 2.45) is 0 Å². The Hall–Kier alpha value is -2.10. The molecule has 2 aromatic carbocycles. The minimum atomic E-state index is -0.831. The Morgan fingerprint density at radius 2 is 1.80 bits per heavy atom. The molecule has 0 aliphatic heterocycles. The molecule has 0 heterocycles. The van der Waals surface area contributed by atoms with Gasteiger partial charge in [0.2, 0.25) is 0 Å². The molecule has 20 heavy (non-hydrogen) atoms. The second kappa shape index (κ2) is 6.37. The van der Waals surface area contributed by atoms with Gasteiger partial charge in [0, 0.05) is 11.3 Å². The smallest absolute Gasteiger partial charge is 0.164 e. The van der Waals surface area contributed by atoms with E-state index >= 15 is 0 Å². The van der Waals surface area contributed by atoms with E-state index in [1.165, 1.54) is 6.07 Å². The van der Waals surface area contributed by atoms with Crippen LogP contribution in [-0.4, -0.2) is 6.61 Å². The molecule has 0 radical (unpaired) electrons. The molecular weight excluding hydrogens is 260 g/mol. The Labute approximate surface area is 117 Å². The summed E-state index contributed by atoms with van der Waals surface area (Å²) in [6.07, 6.45) is 0. The lowest BCUT2D eigenvalue weighted by Gasteiger charge is -2.17. The van der Waals surface area contributed by atoms with Crippen molar-refractivity contribution < 1.29 is 13.5 Å². The van der Waals surface area contributed by atoms with Gasteiger partial charge in [-0.3, -0.25) is 0 Å². The Bertz CT molecular complexity index is 569. The average molecular weight is 277 g/mol. The van der Waals surface area contributed by atoms with Gasteiger partial charge in [-0.05, 0) is 44.2 Å². The fourth-order valence-electron chi connectivity index (χ4n) is 2.00. The van der Waals surface area contributed by atoms with Gasteiger partial charge in [0.1, 0.15) is 5.75 Å². The molecule has 0 aromatic heterocycles. The first kappa shape index (κ1) is 14.3. The summed E-state index contributed by atoms with van der Waals surface area (Å²) in [6, 6.07) is 11.2. The zero-order valence-corrected chi connectivity index (χ0v) is 11.5. The third kappa shape index (κ3) is 3.26. The summed E-state index contributed by atoms with van der Waals surface area (Å²) in [5, 5.41) is 3.13. The Morgan fingerprint density at radius 3 is 2.45 bits per heavy atom. The normalized spacial score (nSPS) is 12.0. The summed E-state index contributed by atoms with van der Waals surface area (Å²) in [5.41, 5.74) is 1.13. The molecule has 2 nitrogen and oxygen atoms in total. The molecule has 106 valence electrons. The number of nitrogens with one attached hydrogen (secondary N) is 1. The van der Waals surface area contributed by atoms with Gasteiger partial charge in [0.25, 0.3) is 0 Å². The molecule has 0 saturated heterocycles. The van der Waals surface area contributed by atoms with Crippen LogP contribution in [0.4, 0.5) is 14.5 Å². The van der Waals surface area contributed by atoms with Crippen LogP contribution in [0.15, 0.2) is 42.5 Å². The van der Waals surface area contributed by atoms with Crippen LogP contribution in [0.25, 0.3) is 0 Å². The number of benzene rings is 2. The number of hydrogen-bond donors (Lipinski definition) is 1. The van der Waals surface area contributed by atoms with Gasteiger partial charge in [-0.15, -0.1) is 0 Å². The minimum Gasteiger partial charge on any atom is -0.494 e. The zero-order valence-electron chi connectivity index (χ0n) is 11.5. The summed E-state index contributed by atoms with van der Waals surface area (Å²) in [6.45, 7) is 4.31. The Kier molecular flexibility index (Phi) is 4.56. The molecule has 0 spiro atoms. The Balaban J connectivity index is 2.11. The first-order valence-electron chi connectivity index (χ1n) is 6.55. The van der Waals surface area contributed by atoms with E-state index in [0.717, 1.165) is 17.5 Å². The quantitative estimate of drug-likeness (QED) is 0.866. The van der Waals surface area contributed by atoms with Gasteiger partial charge in [0.05, 0.1) is 12.6 Å². The third-order valence-corrected chi connectivity index (χ3v) is 3.00. The summed E-state index contributed by atoms with van der Waals surface area (Å²) in [5.74, 6) is -0.857. The summed E-state index contributed by atoms with van der Waals surface area (Å²) < 4.78 is 32.2. The van der Waals surface area contributed by atoms with Crippen molar-refractivity contribution in [1.82, 2.24) is 0 Å². The maximum atomic E-state index is 13.7. The monoisotopic (exact) mass is 277 g/mol. The highest BCUT2D eigenvalue weighted by Crippen LogP contribution is 2.24. The maximum Gasteiger partial charge on any atom is 0.164 e. The molecule has 0 fully saturated rings. The topological polar surface area (TPSA) is 21.3 Å². The molecule has 1 atom stereocenters. The van der Waals surface area contributed by atoms with Gasteiger partial charge in [0.15, 0.2) is 11.6 Å². The SMILES string of the molecule is CCOc1ccc(NC(C)c2cccc(F)c2F)cc1. The number of halogens is 2. The number of rotatable bonds is 5. The van der Waals surface area contributed by atoms with Gasteiger partial charge < -0.3 is 10.1 Å². The van der Waals surface area contributed by atoms with E-state index in [2.05, 4.69) is 5.32 Å². The van der Waals surface area contributed by atoms with Gasteiger partial charge in [-0.25, -0.2) is 8.78 Å². The van der Waals surface area contributed by atoms with Gasteiger partial charge in [-0.1, -0.05) is 12.1 Å². The minimum absolute atomic E-state index is 0.305. The fraction of sp³-hybridized carbons (Fsp3) is 0.250. The standard InChI is InChI=1S/C16H17F2NO/c1-3-20-13-9-7-12(8-10-13)19-11(2)14-5-4-6-15(17)16(14)18/h4-11,19H,3H2,1-2H3. The van der Waals surface area contributed by atoms with E-state index in [0.29, 0.717) is 12.2 Å². The largest absolute Gasteiger partial charge is 0.494 e. The second-order valence-electron chi connectivity index (χ2n) is 4.47. The van der Waals surface area contributed by atoms with Crippen molar-refractivity contribution in [3.05, 3.63) is 59.7 Å². The van der Waals surface area contributed by atoms with Crippen LogP contribution in [0.1, 0.15) is 25.5 Å². The second-order valence-corrected chi connectivity index (χ2v) is 4.47. The first-order chi connectivity index (χ1) is 9.61. The zero-order chi connectivity index (χ0) is 14.5. The van der Waals surface area contributed by atoms with Crippen LogP contribution in [0, 0.1) is 11.6 Å². The van der Waals surface area contributed by atoms with Crippen molar-refractivity contribution in [3.63, 3.8) is 0 Å². The van der Waals surface area contributed by atoms with Crippen molar-refractivity contribution in [3.8, 4) is 5.75 Å². The molecule has 2 aromatic rings. The molecule has 1 unspecified atom stereocenters. The highest BCUT2D eigenvalue weighted by molar-refractivity contribution is 5.48. The van der Waals surface area contributed by atoms with Gasteiger partial charge >= 0.3 is 0 Å². The average Bonchev–Trinajstić information content (AvgIpc) is 2.44. The number of anilines is 1. The predicted octanol–water partition coefficient (Wildman–Crippen LogP) is 4.54. The van der Waals surface area contributed by atoms with E-state index < -0.39 is 11.6 Å². The van der Waals surface area contributed by atoms with Crippen LogP contribution >= 0.6 is 0 Å². The molecule has 0 aliphatic carbocycles. The van der Waals surface area contributed by atoms with Crippen LogP contribution in [0.2, 0.25) is 0 Å². The van der Waals surface area contributed by atoms with Crippen LogP contribution in [0.3, 0.4) is 0 Å². The lowest BCUT2D eigenvalue weighted by molar-refractivity contribution is 0.340. The molecule has 0 aliphatic rings. The molecule has 0 saturated carbocycles. The van der Waals surface area contributed by atoms with E-state index in [-0.39, 0.29) is 6.04 Å². The van der Waals surface area contributed by atoms with E-state index in [4.69, 9.17) is 4.74 Å². The van der Waals surface area contributed by atoms with Crippen LogP contribution in [0.5, 0.6) is 5.75 Å². The molecule has 2 rings (SSSR count). The third-order valence-electron chi connectivity index (χ3n) is 3.00. The van der Waals surface area contributed by atoms with Crippen molar-refractivity contribution in [2.75, 3.05) is 11.9 Å². The highest BCUT2D eigenvalue weighted by atomic mass is 19.2. The summed E-state index contributed by atoms with van der Waals surface area (Å²) >= 11 is 0. The molecule has 4 heteroatoms.